The molecule has 3 rings (SSSR count). The van der Waals surface area contributed by atoms with Gasteiger partial charge in [0, 0.05) is 11.7 Å². The van der Waals surface area contributed by atoms with E-state index in [1.54, 1.807) is 6.07 Å². The molecule has 0 amide bonds. The molecule has 162 valence electrons. The van der Waals surface area contributed by atoms with Gasteiger partial charge in [-0.05, 0) is 58.0 Å². The van der Waals surface area contributed by atoms with E-state index in [0.29, 0.717) is 11.2 Å². The Morgan fingerprint density at radius 2 is 1.67 bits per heavy atom. The molecule has 1 unspecified atom stereocenters. The van der Waals surface area contributed by atoms with Crippen molar-refractivity contribution in [1.29, 1.82) is 0 Å². The number of rotatable bonds is 5. The highest BCUT2D eigenvalue weighted by molar-refractivity contribution is 7.86. The molecule has 0 spiro atoms. The van der Waals surface area contributed by atoms with E-state index >= 15 is 0 Å². The summed E-state index contributed by atoms with van der Waals surface area (Å²) in [5, 5.41) is 0. The summed E-state index contributed by atoms with van der Waals surface area (Å²) < 4.78 is 70.8. The summed E-state index contributed by atoms with van der Waals surface area (Å²) in [6.45, 7) is 7.68. The summed E-state index contributed by atoms with van der Waals surface area (Å²) in [7, 11) is -1.12. The van der Waals surface area contributed by atoms with Crippen LogP contribution in [0.5, 0.6) is 5.88 Å². The Morgan fingerprint density at radius 1 is 1.10 bits per heavy atom. The monoisotopic (exact) mass is 442 g/mol. The third kappa shape index (κ3) is 4.47. The predicted octanol–water partition coefficient (Wildman–Crippen LogP) is 3.54. The van der Waals surface area contributed by atoms with Gasteiger partial charge in [0.05, 0.1) is 28.8 Å². The van der Waals surface area contributed by atoms with Gasteiger partial charge in [-0.3, -0.25) is 4.72 Å². The SMILES string of the molecule is COc1ncc(B2OC(C)(C)C(C)(C)O2)cc1NS(=O)c1ccc(C(F)(F)F)cc1. The molecular weight excluding hydrogens is 420 g/mol. The number of nitrogens with zero attached hydrogens (tertiary/aromatic N) is 1. The van der Waals surface area contributed by atoms with E-state index in [1.807, 2.05) is 27.7 Å². The molecular formula is C19H22BF3N2O4S. The average molecular weight is 442 g/mol. The first-order chi connectivity index (χ1) is 13.8. The standard InChI is InChI=1S/C19H22BF3N2O4S/c1-17(2)18(3,4)29-20(28-17)13-10-15(16(27-5)24-11-13)25-30(26)14-8-6-12(7-9-14)19(21,22)23/h6-11,25H,1-5H3. The normalized spacial score (nSPS) is 18.9. The smallest absolute Gasteiger partial charge is 0.480 e. The van der Waals surface area contributed by atoms with Crippen LogP contribution < -0.4 is 14.9 Å². The van der Waals surface area contributed by atoms with Crippen molar-refractivity contribution in [3.05, 3.63) is 42.1 Å². The zero-order valence-corrected chi connectivity index (χ0v) is 18.0. The van der Waals surface area contributed by atoms with Crippen molar-refractivity contribution in [2.45, 2.75) is 50.0 Å². The van der Waals surface area contributed by atoms with E-state index in [1.165, 1.54) is 13.3 Å². The van der Waals surface area contributed by atoms with Gasteiger partial charge in [0.25, 0.3) is 0 Å². The predicted molar refractivity (Wildman–Crippen MR) is 108 cm³/mol. The highest BCUT2D eigenvalue weighted by Gasteiger charge is 2.52. The molecule has 1 fully saturated rings. The summed E-state index contributed by atoms with van der Waals surface area (Å²) in [4.78, 5) is 4.37. The number of methoxy groups -OCH3 is 1. The van der Waals surface area contributed by atoms with Crippen molar-refractivity contribution in [3.63, 3.8) is 0 Å². The van der Waals surface area contributed by atoms with Gasteiger partial charge < -0.3 is 14.0 Å². The van der Waals surface area contributed by atoms with E-state index in [0.717, 1.165) is 24.3 Å². The van der Waals surface area contributed by atoms with Crippen LogP contribution in [0.1, 0.15) is 33.3 Å². The van der Waals surface area contributed by atoms with Crippen LogP contribution in [-0.2, 0) is 26.5 Å². The molecule has 1 saturated heterocycles. The Balaban J connectivity index is 1.83. The van der Waals surface area contributed by atoms with Crippen molar-refractivity contribution < 1.29 is 31.4 Å². The highest BCUT2D eigenvalue weighted by atomic mass is 32.2. The molecule has 1 aliphatic rings. The molecule has 1 aromatic heterocycles. The van der Waals surface area contributed by atoms with Crippen LogP contribution in [0.3, 0.4) is 0 Å². The third-order valence-electron chi connectivity index (χ3n) is 5.19. The number of aromatic nitrogens is 1. The summed E-state index contributed by atoms with van der Waals surface area (Å²) in [6.07, 6.45) is -2.93. The number of hydrogen-bond acceptors (Lipinski definition) is 5. The fraction of sp³-hybridized carbons (Fsp3) is 0.421. The summed E-state index contributed by atoms with van der Waals surface area (Å²) >= 11 is 0. The van der Waals surface area contributed by atoms with Crippen molar-refractivity contribution in [3.8, 4) is 5.88 Å². The lowest BCUT2D eigenvalue weighted by atomic mass is 9.80. The molecule has 6 nitrogen and oxygen atoms in total. The van der Waals surface area contributed by atoms with Crippen molar-refractivity contribution in [1.82, 2.24) is 4.98 Å². The van der Waals surface area contributed by atoms with Gasteiger partial charge in [0.2, 0.25) is 5.88 Å². The molecule has 0 bridgehead atoms. The molecule has 0 aliphatic carbocycles. The van der Waals surface area contributed by atoms with Crippen LogP contribution >= 0.6 is 0 Å². The molecule has 2 aromatic rings. The Morgan fingerprint density at radius 3 is 2.17 bits per heavy atom. The van der Waals surface area contributed by atoms with Crippen molar-refractivity contribution >= 4 is 29.3 Å². The van der Waals surface area contributed by atoms with Crippen LogP contribution in [0.25, 0.3) is 0 Å². The molecule has 30 heavy (non-hydrogen) atoms. The number of alkyl halides is 3. The van der Waals surface area contributed by atoms with Crippen molar-refractivity contribution in [2.24, 2.45) is 0 Å². The average Bonchev–Trinajstić information content (AvgIpc) is 2.88. The molecule has 0 radical (unpaired) electrons. The van der Waals surface area contributed by atoms with E-state index < -0.39 is 41.0 Å². The maximum Gasteiger partial charge on any atom is 0.496 e. The van der Waals surface area contributed by atoms with Crippen LogP contribution in [0.2, 0.25) is 0 Å². The second kappa shape index (κ2) is 7.86. The van der Waals surface area contributed by atoms with Gasteiger partial charge in [0.15, 0.2) is 0 Å². The largest absolute Gasteiger partial charge is 0.496 e. The first-order valence-electron chi connectivity index (χ1n) is 9.09. The van der Waals surface area contributed by atoms with E-state index in [2.05, 4.69) is 9.71 Å². The topological polar surface area (TPSA) is 69.7 Å². The fourth-order valence-electron chi connectivity index (χ4n) is 2.74. The number of pyridine rings is 1. The second-order valence-electron chi connectivity index (χ2n) is 7.81. The molecule has 1 aliphatic heterocycles. The van der Waals surface area contributed by atoms with Crippen LogP contribution in [0.4, 0.5) is 18.9 Å². The van der Waals surface area contributed by atoms with Gasteiger partial charge in [-0.15, -0.1) is 0 Å². The molecule has 1 N–H and O–H groups in total. The maximum atomic E-state index is 12.7. The summed E-state index contributed by atoms with van der Waals surface area (Å²) in [5.41, 5.74) is -1.03. The minimum absolute atomic E-state index is 0.172. The first kappa shape index (κ1) is 22.6. The van der Waals surface area contributed by atoms with Crippen LogP contribution in [0.15, 0.2) is 41.4 Å². The maximum absolute atomic E-state index is 12.7. The number of nitrogens with one attached hydrogen (secondary N) is 1. The number of anilines is 1. The molecule has 2 heterocycles. The first-order valence-corrected chi connectivity index (χ1v) is 10.2. The second-order valence-corrected chi connectivity index (χ2v) is 9.02. The molecule has 1 aromatic carbocycles. The Bertz CT molecular complexity index is 936. The lowest BCUT2D eigenvalue weighted by Gasteiger charge is -2.32. The zero-order valence-electron chi connectivity index (χ0n) is 17.2. The molecule has 0 saturated carbocycles. The van der Waals surface area contributed by atoms with Crippen molar-refractivity contribution in [2.75, 3.05) is 11.8 Å². The van der Waals surface area contributed by atoms with Gasteiger partial charge >= 0.3 is 13.3 Å². The lowest BCUT2D eigenvalue weighted by Crippen LogP contribution is -2.41. The van der Waals surface area contributed by atoms with Gasteiger partial charge in [-0.25, -0.2) is 9.19 Å². The summed E-state index contributed by atoms with van der Waals surface area (Å²) in [6, 6.07) is 5.71. The van der Waals surface area contributed by atoms with E-state index in [9.17, 15) is 17.4 Å². The van der Waals surface area contributed by atoms with Gasteiger partial charge in [-0.2, -0.15) is 13.2 Å². The molecule has 11 heteroatoms. The number of hydrogen-bond donors (Lipinski definition) is 1. The zero-order chi connectivity index (χ0) is 22.3. The fourth-order valence-corrected chi connectivity index (χ4v) is 3.59. The van der Waals surface area contributed by atoms with E-state index in [-0.39, 0.29) is 10.8 Å². The van der Waals surface area contributed by atoms with Gasteiger partial charge in [0.1, 0.15) is 16.7 Å². The van der Waals surface area contributed by atoms with E-state index in [4.69, 9.17) is 14.0 Å². The quantitative estimate of drug-likeness (QED) is 0.718. The summed E-state index contributed by atoms with van der Waals surface area (Å²) in [5.74, 6) is 0.176. The third-order valence-corrected chi connectivity index (χ3v) is 6.30. The van der Waals surface area contributed by atoms with Crippen LogP contribution in [0, 0.1) is 0 Å². The lowest BCUT2D eigenvalue weighted by molar-refractivity contribution is -0.137. The minimum atomic E-state index is -4.46. The van der Waals surface area contributed by atoms with Gasteiger partial charge in [-0.1, -0.05) is 0 Å². The Hall–Kier alpha value is -2.11. The number of halogens is 3. The highest BCUT2D eigenvalue weighted by Crippen LogP contribution is 2.37. The van der Waals surface area contributed by atoms with Crippen LogP contribution in [-0.4, -0.2) is 34.6 Å². The minimum Gasteiger partial charge on any atom is -0.480 e. The Kier molecular flexibility index (Phi) is 5.92. The Labute approximate surface area is 175 Å². The number of benzene rings is 1. The molecule has 1 atom stereocenters. The number of ether oxygens (including phenoxy) is 1.